The van der Waals surface area contributed by atoms with E-state index in [0.29, 0.717) is 30.3 Å². The van der Waals surface area contributed by atoms with Crippen LogP contribution in [0.15, 0.2) is 53.4 Å². The van der Waals surface area contributed by atoms with Gasteiger partial charge in [-0.1, -0.05) is 13.8 Å². The van der Waals surface area contributed by atoms with Crippen LogP contribution in [0.5, 0.6) is 11.5 Å². The molecule has 1 N–H and O–H groups in total. The van der Waals surface area contributed by atoms with Gasteiger partial charge in [0.2, 0.25) is 11.1 Å². The highest BCUT2D eigenvalue weighted by Crippen LogP contribution is 2.22. The van der Waals surface area contributed by atoms with Crippen LogP contribution in [-0.4, -0.2) is 29.9 Å². The molecule has 7 heteroatoms. The zero-order valence-corrected chi connectivity index (χ0v) is 16.0. The Kier molecular flexibility index (Phi) is 7.47. The summed E-state index contributed by atoms with van der Waals surface area (Å²) in [5, 5.41) is 2.74. The Hall–Kier alpha value is -2.54. The predicted molar refractivity (Wildman–Crippen MR) is 103 cm³/mol. The number of urea groups is 1. The normalized spacial score (nSPS) is 14.1. The van der Waals surface area contributed by atoms with Gasteiger partial charge in [-0.2, -0.15) is 0 Å². The van der Waals surface area contributed by atoms with Gasteiger partial charge in [0.05, 0.1) is 11.5 Å². The minimum absolute atomic E-state index is 0.116. The molecule has 1 fully saturated rings. The number of nitrogens with one attached hydrogen (secondary N) is 1. The number of ether oxygens (including phenoxy) is 1. The quantitative estimate of drug-likeness (QED) is 0.834. The average molecular weight is 376 g/mol. The van der Waals surface area contributed by atoms with E-state index in [1.807, 2.05) is 20.8 Å². The zero-order valence-electron chi connectivity index (χ0n) is 15.2. The summed E-state index contributed by atoms with van der Waals surface area (Å²) >= 11 is -1.62. The summed E-state index contributed by atoms with van der Waals surface area (Å²) in [6.45, 7) is 7.76. The van der Waals surface area contributed by atoms with Crippen molar-refractivity contribution in [3.05, 3.63) is 48.5 Å². The molecule has 1 aliphatic rings. The van der Waals surface area contributed by atoms with Crippen molar-refractivity contribution in [1.29, 1.82) is 0 Å². The second kappa shape index (κ2) is 9.82. The van der Waals surface area contributed by atoms with E-state index in [2.05, 4.69) is 5.32 Å². The maximum atomic E-state index is 12.3. The summed E-state index contributed by atoms with van der Waals surface area (Å²) in [4.78, 5) is 13.8. The first-order valence-corrected chi connectivity index (χ1v) is 9.73. The van der Waals surface area contributed by atoms with E-state index in [0.717, 1.165) is 11.4 Å². The number of carbonyl (C=O) groups excluding carboxylic acids is 1. The summed E-state index contributed by atoms with van der Waals surface area (Å²) in [5.41, 5.74) is 0.770. The van der Waals surface area contributed by atoms with Crippen molar-refractivity contribution in [2.45, 2.75) is 25.7 Å². The minimum atomic E-state index is -1.62. The number of carbonyl (C=O) groups is 1. The van der Waals surface area contributed by atoms with Crippen LogP contribution in [0.1, 0.15) is 20.8 Å². The van der Waals surface area contributed by atoms with E-state index in [4.69, 9.17) is 8.92 Å². The van der Waals surface area contributed by atoms with E-state index in [9.17, 15) is 9.00 Å². The van der Waals surface area contributed by atoms with Crippen LogP contribution in [0.2, 0.25) is 0 Å². The molecule has 0 saturated carbocycles. The first kappa shape index (κ1) is 19.8. The van der Waals surface area contributed by atoms with Crippen molar-refractivity contribution in [3.8, 4) is 11.5 Å². The molecule has 1 atom stereocenters. The van der Waals surface area contributed by atoms with Gasteiger partial charge in [0.1, 0.15) is 11.5 Å². The smallest absolute Gasteiger partial charge is 0.321 e. The van der Waals surface area contributed by atoms with Gasteiger partial charge in [0, 0.05) is 18.8 Å². The Balaban J connectivity index is 0.00000117. The molecule has 0 bridgehead atoms. The number of rotatable bonds is 6. The number of hydrogen-bond acceptors (Lipinski definition) is 4. The number of anilines is 1. The van der Waals surface area contributed by atoms with Gasteiger partial charge in [0.15, 0.2) is 0 Å². The third-order valence-electron chi connectivity index (χ3n) is 3.50. The van der Waals surface area contributed by atoms with Crippen molar-refractivity contribution in [2.75, 3.05) is 24.6 Å². The summed E-state index contributed by atoms with van der Waals surface area (Å²) in [7, 11) is 0. The molecule has 0 aliphatic carbocycles. The number of amides is 2. The average Bonchev–Trinajstić information content (AvgIpc) is 3.11. The molecule has 2 aromatic rings. The maximum Gasteiger partial charge on any atom is 0.321 e. The highest BCUT2D eigenvalue weighted by Gasteiger charge is 2.21. The molecule has 26 heavy (non-hydrogen) atoms. The molecule has 140 valence electrons. The summed E-state index contributed by atoms with van der Waals surface area (Å²) in [5.74, 6) is 1.24. The van der Waals surface area contributed by atoms with Crippen molar-refractivity contribution < 1.29 is 17.9 Å². The van der Waals surface area contributed by atoms with Gasteiger partial charge in [-0.05, 0) is 55.5 Å². The van der Waals surface area contributed by atoms with Gasteiger partial charge in [-0.3, -0.25) is 4.90 Å². The number of nitrogens with zero attached hydrogens (tertiary/aromatic N) is 1. The van der Waals surface area contributed by atoms with Crippen molar-refractivity contribution in [2.24, 2.45) is 0 Å². The van der Waals surface area contributed by atoms with Gasteiger partial charge < -0.3 is 14.2 Å². The third kappa shape index (κ3) is 4.98. The van der Waals surface area contributed by atoms with E-state index < -0.39 is 11.1 Å². The highest BCUT2D eigenvalue weighted by atomic mass is 32.2. The zero-order chi connectivity index (χ0) is 18.9. The minimum Gasteiger partial charge on any atom is -0.494 e. The molecule has 2 aromatic carbocycles. The second-order valence-corrected chi connectivity index (χ2v) is 6.21. The third-order valence-corrected chi connectivity index (χ3v) is 4.51. The molecule has 0 radical (unpaired) electrons. The van der Waals surface area contributed by atoms with Crippen molar-refractivity contribution in [3.63, 3.8) is 0 Å². The molecular formula is C19H24N2O4S. The van der Waals surface area contributed by atoms with Gasteiger partial charge in [0.25, 0.3) is 0 Å². The largest absolute Gasteiger partial charge is 0.494 e. The molecule has 1 saturated heterocycles. The van der Waals surface area contributed by atoms with Crippen LogP contribution in [0.3, 0.4) is 0 Å². The van der Waals surface area contributed by atoms with Crippen LogP contribution in [0, 0.1) is 0 Å². The standard InChI is InChI=1S/C17H18N2O4S.C2H6/c1-2-22-14-5-7-15(8-6-14)23-24(21)16-9-3-13(4-10-16)19-12-11-18-17(19)20;1-2/h3-10H,2,11-12H2,1H3,(H,18,20);1-2H3. The highest BCUT2D eigenvalue weighted by molar-refractivity contribution is 7.80. The maximum absolute atomic E-state index is 12.3. The lowest BCUT2D eigenvalue weighted by molar-refractivity contribution is 0.252. The Morgan fingerprint density at radius 3 is 2.19 bits per heavy atom. The monoisotopic (exact) mass is 376 g/mol. The summed E-state index contributed by atoms with van der Waals surface area (Å²) in [6, 6.07) is 13.8. The van der Waals surface area contributed by atoms with Crippen LogP contribution in [0.4, 0.5) is 10.5 Å². The summed E-state index contributed by atoms with van der Waals surface area (Å²) < 4.78 is 23.1. The Morgan fingerprint density at radius 2 is 1.65 bits per heavy atom. The molecule has 3 rings (SSSR count). The number of hydrogen-bond donors (Lipinski definition) is 1. The van der Waals surface area contributed by atoms with Crippen LogP contribution in [0.25, 0.3) is 0 Å². The van der Waals surface area contributed by atoms with E-state index in [1.54, 1.807) is 53.4 Å². The fraction of sp³-hybridized carbons (Fsp3) is 0.316. The van der Waals surface area contributed by atoms with Crippen molar-refractivity contribution in [1.82, 2.24) is 5.32 Å². The Bertz CT molecular complexity index is 732. The van der Waals surface area contributed by atoms with Crippen LogP contribution >= 0.6 is 0 Å². The lowest BCUT2D eigenvalue weighted by Gasteiger charge is -2.14. The lowest BCUT2D eigenvalue weighted by atomic mass is 10.3. The number of benzene rings is 2. The van der Waals surface area contributed by atoms with Crippen LogP contribution < -0.4 is 19.1 Å². The molecule has 0 spiro atoms. The van der Waals surface area contributed by atoms with Crippen LogP contribution in [-0.2, 0) is 11.1 Å². The second-order valence-electron chi connectivity index (χ2n) is 5.10. The molecule has 1 unspecified atom stereocenters. The topological polar surface area (TPSA) is 67.9 Å². The predicted octanol–water partition coefficient (Wildman–Crippen LogP) is 3.74. The molecular weight excluding hydrogens is 352 g/mol. The summed E-state index contributed by atoms with van der Waals surface area (Å²) in [6.07, 6.45) is 0. The molecule has 6 nitrogen and oxygen atoms in total. The fourth-order valence-corrected chi connectivity index (χ4v) is 3.09. The Morgan fingerprint density at radius 1 is 1.04 bits per heavy atom. The van der Waals surface area contributed by atoms with E-state index >= 15 is 0 Å². The first-order chi connectivity index (χ1) is 12.7. The van der Waals surface area contributed by atoms with Gasteiger partial charge in [-0.25, -0.2) is 9.00 Å². The molecule has 1 aliphatic heterocycles. The molecule has 1 heterocycles. The van der Waals surface area contributed by atoms with Gasteiger partial charge in [-0.15, -0.1) is 0 Å². The fourth-order valence-electron chi connectivity index (χ4n) is 2.35. The van der Waals surface area contributed by atoms with Crippen molar-refractivity contribution >= 4 is 22.8 Å². The SMILES string of the molecule is CC.CCOc1ccc(OS(=O)c2ccc(N3CCNC3=O)cc2)cc1. The van der Waals surface area contributed by atoms with E-state index in [1.165, 1.54) is 0 Å². The Labute approximate surface area is 156 Å². The van der Waals surface area contributed by atoms with E-state index in [-0.39, 0.29) is 6.03 Å². The molecule has 2 amide bonds. The molecule has 0 aromatic heterocycles. The lowest BCUT2D eigenvalue weighted by Crippen LogP contribution is -2.27. The van der Waals surface area contributed by atoms with Gasteiger partial charge >= 0.3 is 6.03 Å². The first-order valence-electron chi connectivity index (χ1n) is 8.66.